The van der Waals surface area contributed by atoms with Crippen molar-refractivity contribution in [1.29, 1.82) is 0 Å². The molecule has 0 saturated heterocycles. The van der Waals surface area contributed by atoms with Crippen LogP contribution in [-0.4, -0.2) is 11.1 Å². The van der Waals surface area contributed by atoms with Gasteiger partial charge in [-0.25, -0.2) is 0 Å². The summed E-state index contributed by atoms with van der Waals surface area (Å²) in [6.45, 7) is 3.95. The van der Waals surface area contributed by atoms with Gasteiger partial charge in [0.15, 0.2) is 0 Å². The van der Waals surface area contributed by atoms with Gasteiger partial charge in [0.2, 0.25) is 5.76 Å². The van der Waals surface area contributed by atoms with Gasteiger partial charge in [-0.1, -0.05) is 50.9 Å². The van der Waals surface area contributed by atoms with E-state index in [2.05, 4.69) is 26.4 Å². The largest absolute Gasteiger partial charge is 0.350 e. The third kappa shape index (κ3) is 3.51. The molecule has 3 aromatic rings. The van der Waals surface area contributed by atoms with Crippen molar-refractivity contribution in [1.82, 2.24) is 5.16 Å². The molecule has 0 atom stereocenters. The Labute approximate surface area is 142 Å². The van der Waals surface area contributed by atoms with E-state index in [0.717, 1.165) is 21.3 Å². The highest BCUT2D eigenvalue weighted by molar-refractivity contribution is 9.10. The zero-order valence-electron chi connectivity index (χ0n) is 12.8. The van der Waals surface area contributed by atoms with Gasteiger partial charge in [0.25, 0.3) is 5.91 Å². The maximum Gasteiger partial charge on any atom is 0.294 e. The lowest BCUT2D eigenvalue weighted by atomic mass is 10.1. The van der Waals surface area contributed by atoms with Gasteiger partial charge in [-0.15, -0.1) is 0 Å². The van der Waals surface area contributed by atoms with Gasteiger partial charge >= 0.3 is 0 Å². The lowest BCUT2D eigenvalue weighted by Gasteiger charge is -2.06. The molecule has 0 bridgehead atoms. The Morgan fingerprint density at radius 1 is 1.09 bits per heavy atom. The summed E-state index contributed by atoms with van der Waals surface area (Å²) in [6, 6.07) is 15.2. The van der Waals surface area contributed by atoms with Crippen molar-refractivity contribution < 1.29 is 9.32 Å². The number of carbonyl (C=O) groups is 1. The van der Waals surface area contributed by atoms with Crippen molar-refractivity contribution >= 4 is 27.5 Å². The molecule has 0 fully saturated rings. The number of nitrogens with one attached hydrogen (secondary N) is 1. The van der Waals surface area contributed by atoms with Crippen LogP contribution in [0, 0.1) is 13.8 Å². The van der Waals surface area contributed by atoms with E-state index in [1.54, 1.807) is 6.07 Å². The summed E-state index contributed by atoms with van der Waals surface area (Å²) in [4.78, 5) is 12.3. The minimum atomic E-state index is -0.318. The van der Waals surface area contributed by atoms with E-state index in [1.807, 2.05) is 56.3 Å². The van der Waals surface area contributed by atoms with Crippen molar-refractivity contribution in [3.05, 3.63) is 69.9 Å². The summed E-state index contributed by atoms with van der Waals surface area (Å²) in [5, 5.41) is 6.81. The lowest BCUT2D eigenvalue weighted by molar-refractivity contribution is 0.0988. The molecule has 0 radical (unpaired) electrons. The fraction of sp³-hybridized carbons (Fsp3) is 0.111. The maximum atomic E-state index is 12.3. The minimum Gasteiger partial charge on any atom is -0.350 e. The summed E-state index contributed by atoms with van der Waals surface area (Å²) in [6.07, 6.45) is 0. The number of benzene rings is 2. The number of carbonyl (C=O) groups excluding carboxylic acids is 1. The molecule has 1 N–H and O–H groups in total. The third-order valence-electron chi connectivity index (χ3n) is 3.52. The molecule has 0 aliphatic heterocycles. The topological polar surface area (TPSA) is 55.1 Å². The van der Waals surface area contributed by atoms with Crippen LogP contribution in [0.4, 0.5) is 5.69 Å². The number of aromatic nitrogens is 1. The highest BCUT2D eigenvalue weighted by Crippen LogP contribution is 2.23. The first-order chi connectivity index (χ1) is 11.0. The molecule has 1 aromatic heterocycles. The van der Waals surface area contributed by atoms with Gasteiger partial charge in [0.1, 0.15) is 5.69 Å². The molecule has 0 aliphatic rings. The first-order valence-corrected chi connectivity index (χ1v) is 7.93. The maximum absolute atomic E-state index is 12.3. The van der Waals surface area contributed by atoms with E-state index in [4.69, 9.17) is 4.52 Å². The molecule has 1 amide bonds. The second kappa shape index (κ2) is 6.38. The Balaban J connectivity index is 1.79. The summed E-state index contributed by atoms with van der Waals surface area (Å²) >= 11 is 3.40. The molecule has 116 valence electrons. The van der Waals surface area contributed by atoms with Crippen molar-refractivity contribution in [2.45, 2.75) is 13.8 Å². The quantitative estimate of drug-likeness (QED) is 0.707. The molecule has 1 heterocycles. The predicted molar refractivity (Wildman–Crippen MR) is 93.5 cm³/mol. The Morgan fingerprint density at radius 3 is 2.52 bits per heavy atom. The molecule has 0 unspecified atom stereocenters. The standard InChI is InChI=1S/C18H15BrN2O2/c1-11-3-5-13(6-4-11)16-10-17(23-21-16)18(22)20-15-8-7-14(19)9-12(15)2/h3-10H,1-2H3,(H,20,22). The van der Waals surface area contributed by atoms with Gasteiger partial charge in [-0.05, 0) is 37.6 Å². The van der Waals surface area contributed by atoms with Gasteiger partial charge in [0, 0.05) is 21.8 Å². The van der Waals surface area contributed by atoms with Crippen molar-refractivity contribution in [2.24, 2.45) is 0 Å². The number of aryl methyl sites for hydroxylation is 2. The van der Waals surface area contributed by atoms with Crippen LogP contribution in [0.2, 0.25) is 0 Å². The van der Waals surface area contributed by atoms with E-state index in [-0.39, 0.29) is 11.7 Å². The molecule has 5 heteroatoms. The number of anilines is 1. The minimum absolute atomic E-state index is 0.183. The van der Waals surface area contributed by atoms with Crippen LogP contribution < -0.4 is 5.32 Å². The van der Waals surface area contributed by atoms with Crippen LogP contribution in [0.15, 0.2) is 57.5 Å². The monoisotopic (exact) mass is 370 g/mol. The first-order valence-electron chi connectivity index (χ1n) is 7.14. The van der Waals surface area contributed by atoms with Crippen molar-refractivity contribution in [3.63, 3.8) is 0 Å². The van der Waals surface area contributed by atoms with Crippen LogP contribution in [0.1, 0.15) is 21.7 Å². The molecular weight excluding hydrogens is 356 g/mol. The average Bonchev–Trinajstić information content (AvgIpc) is 3.01. The first kappa shape index (κ1) is 15.5. The summed E-state index contributed by atoms with van der Waals surface area (Å²) in [7, 11) is 0. The highest BCUT2D eigenvalue weighted by atomic mass is 79.9. The zero-order chi connectivity index (χ0) is 16.4. The number of nitrogens with zero attached hydrogens (tertiary/aromatic N) is 1. The normalized spacial score (nSPS) is 10.6. The summed E-state index contributed by atoms with van der Waals surface area (Å²) < 4.78 is 6.14. The van der Waals surface area contributed by atoms with E-state index in [0.29, 0.717) is 5.69 Å². The van der Waals surface area contributed by atoms with Crippen LogP contribution in [0.5, 0.6) is 0 Å². The molecule has 0 saturated carbocycles. The lowest BCUT2D eigenvalue weighted by Crippen LogP contribution is -2.11. The van der Waals surface area contributed by atoms with E-state index >= 15 is 0 Å². The van der Waals surface area contributed by atoms with Crippen molar-refractivity contribution in [3.8, 4) is 11.3 Å². The fourth-order valence-corrected chi connectivity index (χ4v) is 2.67. The second-order valence-corrected chi connectivity index (χ2v) is 6.27. The zero-order valence-corrected chi connectivity index (χ0v) is 14.3. The molecule has 3 rings (SSSR count). The van der Waals surface area contributed by atoms with Gasteiger partial charge in [-0.3, -0.25) is 4.79 Å². The number of rotatable bonds is 3. The SMILES string of the molecule is Cc1ccc(-c2cc(C(=O)Nc3ccc(Br)cc3C)on2)cc1. The Morgan fingerprint density at radius 2 is 1.83 bits per heavy atom. The van der Waals surface area contributed by atoms with Crippen molar-refractivity contribution in [2.75, 3.05) is 5.32 Å². The van der Waals surface area contributed by atoms with E-state index < -0.39 is 0 Å². The smallest absolute Gasteiger partial charge is 0.294 e. The van der Waals surface area contributed by atoms with Gasteiger partial charge in [0.05, 0.1) is 0 Å². The summed E-state index contributed by atoms with van der Waals surface area (Å²) in [5.74, 6) is -0.135. The van der Waals surface area contributed by atoms with Crippen LogP contribution in [-0.2, 0) is 0 Å². The fourth-order valence-electron chi connectivity index (χ4n) is 2.19. The van der Waals surface area contributed by atoms with Gasteiger partial charge < -0.3 is 9.84 Å². The van der Waals surface area contributed by atoms with Crippen LogP contribution >= 0.6 is 15.9 Å². The molecule has 4 nitrogen and oxygen atoms in total. The number of hydrogen-bond acceptors (Lipinski definition) is 3. The Hall–Kier alpha value is -2.40. The highest BCUT2D eigenvalue weighted by Gasteiger charge is 2.15. The van der Waals surface area contributed by atoms with Gasteiger partial charge in [-0.2, -0.15) is 0 Å². The Kier molecular flexibility index (Phi) is 4.30. The van der Waals surface area contributed by atoms with Crippen LogP contribution in [0.25, 0.3) is 11.3 Å². The van der Waals surface area contributed by atoms with Crippen LogP contribution in [0.3, 0.4) is 0 Å². The number of amides is 1. The van der Waals surface area contributed by atoms with E-state index in [1.165, 1.54) is 5.56 Å². The molecule has 23 heavy (non-hydrogen) atoms. The molecule has 2 aromatic carbocycles. The molecular formula is C18H15BrN2O2. The molecule has 0 aliphatic carbocycles. The number of halogens is 1. The summed E-state index contributed by atoms with van der Waals surface area (Å²) in [5.41, 5.74) is 4.43. The average molecular weight is 371 g/mol. The van der Waals surface area contributed by atoms with E-state index in [9.17, 15) is 4.79 Å². The Bertz CT molecular complexity index is 854. The molecule has 0 spiro atoms. The number of hydrogen-bond donors (Lipinski definition) is 1. The second-order valence-electron chi connectivity index (χ2n) is 5.36. The third-order valence-corrected chi connectivity index (χ3v) is 4.01. The predicted octanol–water partition coefficient (Wildman–Crippen LogP) is 4.97.